The van der Waals surface area contributed by atoms with Crippen LogP contribution in [0.25, 0.3) is 0 Å². The molecule has 11 atom stereocenters. The molecule has 0 spiro atoms. The summed E-state index contributed by atoms with van der Waals surface area (Å²) in [7, 11) is 12.1. The van der Waals surface area contributed by atoms with Crippen molar-refractivity contribution in [3.63, 3.8) is 0 Å². The van der Waals surface area contributed by atoms with E-state index in [1.807, 2.05) is 0 Å². The van der Waals surface area contributed by atoms with Gasteiger partial charge in [-0.05, 0) is 0 Å². The maximum absolute atomic E-state index is 11.5. The lowest BCUT2D eigenvalue weighted by molar-refractivity contribution is -0.350. The van der Waals surface area contributed by atoms with E-state index in [2.05, 4.69) is 0 Å². The van der Waals surface area contributed by atoms with Crippen LogP contribution in [0, 0.1) is 0 Å². The first-order valence-electron chi connectivity index (χ1n) is 11.7. The Morgan fingerprint density at radius 1 is 0.722 bits per heavy atom. The molecule has 2 heterocycles. The molecule has 2 fully saturated rings. The van der Waals surface area contributed by atoms with Crippen molar-refractivity contribution in [2.45, 2.75) is 67.5 Å². The standard InChI is InChI=1S/C23H42O13/c1-25-10-16(17(29-5)13(9-24)26-2)35-22-21(32-8)19(15(28-4)12-33-22)36-23-20(31-7)18(30-6)14(27-3)11-34-23/h9,13-23H,10-12H2,1-8H3. The molecule has 0 aromatic rings. The summed E-state index contributed by atoms with van der Waals surface area (Å²) in [6, 6.07) is 0. The summed E-state index contributed by atoms with van der Waals surface area (Å²) in [6.07, 6.45) is -6.70. The number of rotatable bonds is 16. The van der Waals surface area contributed by atoms with Crippen molar-refractivity contribution in [2.24, 2.45) is 0 Å². The highest BCUT2D eigenvalue weighted by Crippen LogP contribution is 2.30. The minimum absolute atomic E-state index is 0.104. The monoisotopic (exact) mass is 526 g/mol. The normalized spacial score (nSPS) is 35.8. The van der Waals surface area contributed by atoms with Crippen LogP contribution in [0.4, 0.5) is 0 Å². The van der Waals surface area contributed by atoms with E-state index in [-0.39, 0.29) is 25.9 Å². The van der Waals surface area contributed by atoms with Gasteiger partial charge in [0, 0.05) is 56.9 Å². The second-order valence-electron chi connectivity index (χ2n) is 8.32. The van der Waals surface area contributed by atoms with E-state index in [1.54, 1.807) is 28.4 Å². The molecule has 0 N–H and O–H groups in total. The lowest BCUT2D eigenvalue weighted by Gasteiger charge is -2.46. The van der Waals surface area contributed by atoms with Gasteiger partial charge in [0.25, 0.3) is 0 Å². The molecule has 2 aliphatic rings. The highest BCUT2D eigenvalue weighted by molar-refractivity contribution is 5.57. The summed E-state index contributed by atoms with van der Waals surface area (Å²) in [5.74, 6) is 0. The van der Waals surface area contributed by atoms with Crippen LogP contribution >= 0.6 is 0 Å². The van der Waals surface area contributed by atoms with Gasteiger partial charge in [-0.1, -0.05) is 0 Å². The first-order valence-corrected chi connectivity index (χ1v) is 11.7. The minimum atomic E-state index is -0.914. The summed E-state index contributed by atoms with van der Waals surface area (Å²) in [5.41, 5.74) is 0. The van der Waals surface area contributed by atoms with Gasteiger partial charge in [-0.25, -0.2) is 0 Å². The Kier molecular flexibility index (Phi) is 14.1. The molecule has 13 heteroatoms. The fraction of sp³-hybridized carbons (Fsp3) is 0.957. The van der Waals surface area contributed by atoms with Gasteiger partial charge in [-0.2, -0.15) is 0 Å². The molecular formula is C23H42O13. The average molecular weight is 527 g/mol. The van der Waals surface area contributed by atoms with E-state index < -0.39 is 61.4 Å². The quantitative estimate of drug-likeness (QED) is 0.238. The van der Waals surface area contributed by atoms with Crippen molar-refractivity contribution in [3.8, 4) is 0 Å². The number of ether oxygens (including phenoxy) is 12. The first kappa shape index (κ1) is 31.4. The fourth-order valence-corrected chi connectivity index (χ4v) is 4.54. The zero-order valence-corrected chi connectivity index (χ0v) is 22.4. The van der Waals surface area contributed by atoms with Crippen molar-refractivity contribution in [1.82, 2.24) is 0 Å². The Labute approximate surface area is 212 Å². The van der Waals surface area contributed by atoms with E-state index in [0.717, 1.165) is 0 Å². The molecule has 2 saturated heterocycles. The lowest BCUT2D eigenvalue weighted by Crippen LogP contribution is -2.62. The molecular weight excluding hydrogens is 484 g/mol. The molecule has 0 bridgehead atoms. The van der Waals surface area contributed by atoms with Crippen LogP contribution in [0.3, 0.4) is 0 Å². The molecule has 0 amide bonds. The predicted octanol–water partition coefficient (Wildman–Crippen LogP) is -0.580. The third kappa shape index (κ3) is 7.40. The second-order valence-corrected chi connectivity index (χ2v) is 8.32. The summed E-state index contributed by atoms with van der Waals surface area (Å²) in [4.78, 5) is 11.5. The Bertz CT molecular complexity index is 611. The SMILES string of the molecule is COCC(OC1OCC(OC)C(OC2OCC(OC)C(OC)C2OC)C1OC)C(OC)C(C=O)OC. The zero-order valence-electron chi connectivity index (χ0n) is 22.4. The first-order chi connectivity index (χ1) is 17.5. The topological polar surface area (TPSA) is 128 Å². The van der Waals surface area contributed by atoms with E-state index >= 15 is 0 Å². The van der Waals surface area contributed by atoms with Crippen molar-refractivity contribution in [3.05, 3.63) is 0 Å². The number of carbonyl (C=O) groups excluding carboxylic acids is 1. The van der Waals surface area contributed by atoms with Crippen LogP contribution in [0.1, 0.15) is 0 Å². The number of hydrogen-bond acceptors (Lipinski definition) is 13. The zero-order chi connectivity index (χ0) is 26.7. The Balaban J connectivity index is 2.25. The third-order valence-corrected chi connectivity index (χ3v) is 6.49. The second kappa shape index (κ2) is 16.2. The maximum atomic E-state index is 11.5. The van der Waals surface area contributed by atoms with Gasteiger partial charge in [0.05, 0.1) is 19.8 Å². The van der Waals surface area contributed by atoms with E-state index in [1.165, 1.54) is 28.4 Å². The average Bonchev–Trinajstić information content (AvgIpc) is 2.91. The van der Waals surface area contributed by atoms with Crippen LogP contribution in [-0.4, -0.2) is 151 Å². The van der Waals surface area contributed by atoms with Crippen LogP contribution < -0.4 is 0 Å². The molecule has 13 nitrogen and oxygen atoms in total. The summed E-state index contributed by atoms with van der Waals surface area (Å²) in [6.45, 7) is 0.490. The molecule has 0 radical (unpaired) electrons. The van der Waals surface area contributed by atoms with Gasteiger partial charge in [0.15, 0.2) is 18.9 Å². The van der Waals surface area contributed by atoms with Gasteiger partial charge < -0.3 is 61.6 Å². The van der Waals surface area contributed by atoms with Crippen LogP contribution in [0.5, 0.6) is 0 Å². The number of carbonyl (C=O) groups is 1. The number of aldehydes is 1. The molecule has 36 heavy (non-hydrogen) atoms. The van der Waals surface area contributed by atoms with Gasteiger partial charge in [0.1, 0.15) is 54.9 Å². The summed E-state index contributed by atoms with van der Waals surface area (Å²) < 4.78 is 68.7. The summed E-state index contributed by atoms with van der Waals surface area (Å²) >= 11 is 0. The highest BCUT2D eigenvalue weighted by Gasteiger charge is 2.49. The molecule has 212 valence electrons. The number of hydrogen-bond donors (Lipinski definition) is 0. The minimum Gasteiger partial charge on any atom is -0.382 e. The fourth-order valence-electron chi connectivity index (χ4n) is 4.54. The lowest BCUT2D eigenvalue weighted by atomic mass is 10.0. The van der Waals surface area contributed by atoms with Crippen LogP contribution in [0.15, 0.2) is 0 Å². The van der Waals surface area contributed by atoms with Crippen molar-refractivity contribution < 1.29 is 61.6 Å². The number of methoxy groups -OCH3 is 8. The Morgan fingerprint density at radius 2 is 1.28 bits per heavy atom. The van der Waals surface area contributed by atoms with Gasteiger partial charge >= 0.3 is 0 Å². The summed E-state index contributed by atoms with van der Waals surface area (Å²) in [5, 5.41) is 0. The predicted molar refractivity (Wildman–Crippen MR) is 123 cm³/mol. The molecule has 2 aliphatic heterocycles. The van der Waals surface area contributed by atoms with Crippen molar-refractivity contribution in [2.75, 3.05) is 76.7 Å². The highest BCUT2D eigenvalue weighted by atomic mass is 16.8. The smallest absolute Gasteiger partial charge is 0.187 e. The van der Waals surface area contributed by atoms with Crippen molar-refractivity contribution >= 4 is 6.29 Å². The largest absolute Gasteiger partial charge is 0.382 e. The van der Waals surface area contributed by atoms with Crippen molar-refractivity contribution in [1.29, 1.82) is 0 Å². The van der Waals surface area contributed by atoms with E-state index in [9.17, 15) is 4.79 Å². The molecule has 0 aromatic carbocycles. The van der Waals surface area contributed by atoms with Crippen LogP contribution in [0.2, 0.25) is 0 Å². The van der Waals surface area contributed by atoms with Gasteiger partial charge in [0.2, 0.25) is 0 Å². The Hall–Kier alpha value is -0.810. The maximum Gasteiger partial charge on any atom is 0.187 e. The van der Waals surface area contributed by atoms with E-state index in [4.69, 9.17) is 56.8 Å². The third-order valence-electron chi connectivity index (χ3n) is 6.49. The molecule has 0 aliphatic carbocycles. The molecule has 0 aromatic heterocycles. The molecule has 0 saturated carbocycles. The Morgan fingerprint density at radius 3 is 1.75 bits per heavy atom. The van der Waals surface area contributed by atoms with Crippen LogP contribution in [-0.2, 0) is 61.6 Å². The molecule has 2 rings (SSSR count). The van der Waals surface area contributed by atoms with E-state index in [0.29, 0.717) is 6.29 Å². The molecule has 11 unspecified atom stereocenters. The van der Waals surface area contributed by atoms with Gasteiger partial charge in [-0.3, -0.25) is 0 Å². The van der Waals surface area contributed by atoms with Gasteiger partial charge in [-0.15, -0.1) is 0 Å².